The summed E-state index contributed by atoms with van der Waals surface area (Å²) in [6, 6.07) is 4.30. The first kappa shape index (κ1) is 11.2. The van der Waals surface area contributed by atoms with Crippen LogP contribution >= 0.6 is 0 Å². The van der Waals surface area contributed by atoms with Gasteiger partial charge in [0.15, 0.2) is 0 Å². The van der Waals surface area contributed by atoms with Crippen LogP contribution in [-0.4, -0.2) is 30.4 Å². The average Bonchev–Trinajstić information content (AvgIpc) is 3.00. The first-order chi connectivity index (χ1) is 7.70. The highest BCUT2D eigenvalue weighted by Gasteiger charge is 2.32. The summed E-state index contributed by atoms with van der Waals surface area (Å²) >= 11 is 0. The van der Waals surface area contributed by atoms with Crippen molar-refractivity contribution in [3.8, 4) is 0 Å². The van der Waals surface area contributed by atoms with Gasteiger partial charge < -0.3 is 14.6 Å². The summed E-state index contributed by atoms with van der Waals surface area (Å²) in [5.41, 5.74) is 0. The molecule has 1 amide bonds. The van der Waals surface area contributed by atoms with Crippen molar-refractivity contribution in [2.45, 2.75) is 32.4 Å². The van der Waals surface area contributed by atoms with Crippen molar-refractivity contribution < 1.29 is 9.21 Å². The standard InChI is InChI=1S/C12H18N2O2/c1-9-3-6-11(16-9)8-14(10-4-5-10)12(15)7-13-2/h3,6,10,13H,4-5,7-8H2,1-2H3. The molecule has 4 nitrogen and oxygen atoms in total. The van der Waals surface area contributed by atoms with Crippen molar-refractivity contribution in [1.29, 1.82) is 0 Å². The Morgan fingerprint density at radius 1 is 1.56 bits per heavy atom. The number of hydrogen-bond donors (Lipinski definition) is 1. The average molecular weight is 222 g/mol. The molecule has 1 aliphatic rings. The van der Waals surface area contributed by atoms with E-state index in [1.165, 1.54) is 0 Å². The number of nitrogens with one attached hydrogen (secondary N) is 1. The van der Waals surface area contributed by atoms with Gasteiger partial charge in [0.2, 0.25) is 5.91 Å². The van der Waals surface area contributed by atoms with Crippen molar-refractivity contribution >= 4 is 5.91 Å². The third kappa shape index (κ3) is 2.64. The first-order valence-electron chi connectivity index (χ1n) is 5.70. The van der Waals surface area contributed by atoms with Gasteiger partial charge in [-0.2, -0.15) is 0 Å². The smallest absolute Gasteiger partial charge is 0.237 e. The summed E-state index contributed by atoms with van der Waals surface area (Å²) < 4.78 is 5.51. The minimum Gasteiger partial charge on any atom is -0.464 e. The lowest BCUT2D eigenvalue weighted by Crippen LogP contribution is -2.38. The maximum absolute atomic E-state index is 11.9. The Labute approximate surface area is 95.6 Å². The van der Waals surface area contributed by atoms with Gasteiger partial charge in [0, 0.05) is 6.04 Å². The van der Waals surface area contributed by atoms with Crippen LogP contribution in [0.4, 0.5) is 0 Å². The van der Waals surface area contributed by atoms with Crippen LogP contribution in [0, 0.1) is 6.92 Å². The predicted octanol–water partition coefficient (Wildman–Crippen LogP) is 1.30. The highest BCUT2D eigenvalue weighted by molar-refractivity contribution is 5.78. The molecule has 0 radical (unpaired) electrons. The molecule has 1 fully saturated rings. The van der Waals surface area contributed by atoms with Crippen molar-refractivity contribution in [2.24, 2.45) is 0 Å². The fraction of sp³-hybridized carbons (Fsp3) is 0.583. The van der Waals surface area contributed by atoms with E-state index in [2.05, 4.69) is 5.32 Å². The molecular weight excluding hydrogens is 204 g/mol. The molecule has 4 heteroatoms. The second kappa shape index (κ2) is 4.70. The third-order valence-electron chi connectivity index (χ3n) is 2.76. The van der Waals surface area contributed by atoms with Gasteiger partial charge in [-0.3, -0.25) is 4.79 Å². The molecule has 1 aliphatic carbocycles. The Balaban J connectivity index is 2.00. The largest absolute Gasteiger partial charge is 0.464 e. The molecule has 0 spiro atoms. The molecule has 1 saturated carbocycles. The molecule has 0 atom stereocenters. The van der Waals surface area contributed by atoms with Crippen molar-refractivity contribution in [3.05, 3.63) is 23.7 Å². The molecule has 0 aromatic carbocycles. The van der Waals surface area contributed by atoms with E-state index in [1.807, 2.05) is 24.0 Å². The summed E-state index contributed by atoms with van der Waals surface area (Å²) in [4.78, 5) is 13.8. The summed E-state index contributed by atoms with van der Waals surface area (Å²) in [6.45, 7) is 2.91. The molecule has 0 bridgehead atoms. The number of hydrogen-bond acceptors (Lipinski definition) is 3. The molecule has 1 N–H and O–H groups in total. The SMILES string of the molecule is CNCC(=O)N(Cc1ccc(C)o1)C1CC1. The number of likely N-dealkylation sites (N-methyl/N-ethyl adjacent to an activating group) is 1. The van der Waals surface area contributed by atoms with Crippen LogP contribution in [-0.2, 0) is 11.3 Å². The number of amides is 1. The van der Waals surface area contributed by atoms with Crippen molar-refractivity contribution in [1.82, 2.24) is 10.2 Å². The second-order valence-electron chi connectivity index (χ2n) is 4.30. The molecule has 1 heterocycles. The quantitative estimate of drug-likeness (QED) is 0.816. The van der Waals surface area contributed by atoms with Gasteiger partial charge in [0.05, 0.1) is 13.1 Å². The van der Waals surface area contributed by atoms with Gasteiger partial charge in [-0.15, -0.1) is 0 Å². The van der Waals surface area contributed by atoms with E-state index in [4.69, 9.17) is 4.42 Å². The first-order valence-corrected chi connectivity index (χ1v) is 5.70. The van der Waals surface area contributed by atoms with E-state index in [0.717, 1.165) is 24.4 Å². The van der Waals surface area contributed by atoms with Gasteiger partial charge in [-0.05, 0) is 38.9 Å². The number of rotatable bonds is 5. The number of carbonyl (C=O) groups excluding carboxylic acids is 1. The molecule has 0 aliphatic heterocycles. The zero-order valence-corrected chi connectivity index (χ0v) is 9.82. The Bertz CT molecular complexity index is 369. The van der Waals surface area contributed by atoms with E-state index in [1.54, 1.807) is 7.05 Å². The van der Waals surface area contributed by atoms with E-state index in [-0.39, 0.29) is 5.91 Å². The highest BCUT2D eigenvalue weighted by Crippen LogP contribution is 2.28. The molecule has 1 aromatic rings. The summed E-state index contributed by atoms with van der Waals surface area (Å²) in [5.74, 6) is 1.92. The van der Waals surface area contributed by atoms with E-state index in [9.17, 15) is 4.79 Å². The Morgan fingerprint density at radius 2 is 2.31 bits per heavy atom. The topological polar surface area (TPSA) is 45.5 Å². The maximum atomic E-state index is 11.9. The van der Waals surface area contributed by atoms with E-state index in [0.29, 0.717) is 19.1 Å². The lowest BCUT2D eigenvalue weighted by atomic mass is 10.3. The van der Waals surface area contributed by atoms with E-state index >= 15 is 0 Å². The lowest BCUT2D eigenvalue weighted by Gasteiger charge is -2.21. The van der Waals surface area contributed by atoms with Crippen molar-refractivity contribution in [3.63, 3.8) is 0 Å². The molecule has 16 heavy (non-hydrogen) atoms. The minimum atomic E-state index is 0.152. The Kier molecular flexibility index (Phi) is 3.29. The van der Waals surface area contributed by atoms with Crippen LogP contribution < -0.4 is 5.32 Å². The molecular formula is C12H18N2O2. The number of furan rings is 1. The predicted molar refractivity (Wildman–Crippen MR) is 60.9 cm³/mol. The van der Waals surface area contributed by atoms with E-state index < -0.39 is 0 Å². The Hall–Kier alpha value is -1.29. The molecule has 1 aromatic heterocycles. The van der Waals surface area contributed by atoms with Crippen molar-refractivity contribution in [2.75, 3.05) is 13.6 Å². The van der Waals surface area contributed by atoms with Crippen LogP contribution in [0.3, 0.4) is 0 Å². The molecule has 0 saturated heterocycles. The van der Waals surface area contributed by atoms with Gasteiger partial charge in [0.1, 0.15) is 11.5 Å². The lowest BCUT2D eigenvalue weighted by molar-refractivity contribution is -0.131. The minimum absolute atomic E-state index is 0.152. The van der Waals surface area contributed by atoms with Crippen LogP contribution in [0.2, 0.25) is 0 Å². The summed E-state index contributed by atoms with van der Waals surface area (Å²) in [5, 5.41) is 2.90. The number of carbonyl (C=O) groups is 1. The number of nitrogens with zero attached hydrogens (tertiary/aromatic N) is 1. The van der Waals surface area contributed by atoms with Gasteiger partial charge >= 0.3 is 0 Å². The maximum Gasteiger partial charge on any atom is 0.237 e. The normalized spacial score (nSPS) is 15.1. The van der Waals surface area contributed by atoms with Gasteiger partial charge in [0.25, 0.3) is 0 Å². The molecule has 0 unspecified atom stereocenters. The monoisotopic (exact) mass is 222 g/mol. The molecule has 88 valence electrons. The zero-order valence-electron chi connectivity index (χ0n) is 9.82. The van der Waals surface area contributed by atoms with Gasteiger partial charge in [-0.25, -0.2) is 0 Å². The molecule has 2 rings (SSSR count). The number of aryl methyl sites for hydroxylation is 1. The van der Waals surface area contributed by atoms with Crippen LogP contribution in [0.5, 0.6) is 0 Å². The third-order valence-corrected chi connectivity index (χ3v) is 2.76. The fourth-order valence-electron chi connectivity index (χ4n) is 1.80. The van der Waals surface area contributed by atoms with Gasteiger partial charge in [-0.1, -0.05) is 0 Å². The Morgan fingerprint density at radius 3 is 2.81 bits per heavy atom. The van der Waals surface area contributed by atoms with Crippen LogP contribution in [0.1, 0.15) is 24.4 Å². The van der Waals surface area contributed by atoms with Crippen LogP contribution in [0.25, 0.3) is 0 Å². The summed E-state index contributed by atoms with van der Waals surface area (Å²) in [7, 11) is 1.79. The zero-order chi connectivity index (χ0) is 11.5. The highest BCUT2D eigenvalue weighted by atomic mass is 16.3. The van der Waals surface area contributed by atoms with Crippen LogP contribution in [0.15, 0.2) is 16.5 Å². The summed E-state index contributed by atoms with van der Waals surface area (Å²) in [6.07, 6.45) is 2.24. The second-order valence-corrected chi connectivity index (χ2v) is 4.30. The fourth-order valence-corrected chi connectivity index (χ4v) is 1.80.